The van der Waals surface area contributed by atoms with Gasteiger partial charge in [0.15, 0.2) is 0 Å². The smallest absolute Gasteiger partial charge is 0.221 e. The minimum atomic E-state index is -1.26. The maximum Gasteiger partial charge on any atom is 0.221 e. The van der Waals surface area contributed by atoms with E-state index in [1.807, 2.05) is 0 Å². The number of carbonyl (C=O) groups is 1. The highest BCUT2D eigenvalue weighted by Gasteiger charge is 2.40. The van der Waals surface area contributed by atoms with Gasteiger partial charge in [0.05, 0.1) is 11.9 Å². The summed E-state index contributed by atoms with van der Waals surface area (Å²) in [4.78, 5) is 10.8. The number of rotatable bonds is 0. The van der Waals surface area contributed by atoms with Gasteiger partial charge in [0.2, 0.25) is 5.91 Å². The normalized spacial score (nSPS) is 40.3. The third kappa shape index (κ3) is 1.11. The van der Waals surface area contributed by atoms with E-state index in [0.29, 0.717) is 0 Å². The maximum atomic E-state index is 13.1. The summed E-state index contributed by atoms with van der Waals surface area (Å²) in [7, 11) is 0. The molecule has 1 N–H and O–H groups in total. The van der Waals surface area contributed by atoms with Gasteiger partial charge in [-0.3, -0.25) is 4.79 Å². The first-order valence-electron chi connectivity index (χ1n) is 3.96. The van der Waals surface area contributed by atoms with Crippen molar-refractivity contribution in [1.29, 1.82) is 0 Å². The minimum absolute atomic E-state index is 0.182. The fourth-order valence-corrected chi connectivity index (χ4v) is 1.83. The maximum absolute atomic E-state index is 13.1. The molecule has 66 valence electrons. The van der Waals surface area contributed by atoms with Crippen LogP contribution < -0.4 is 5.32 Å². The van der Waals surface area contributed by atoms with Crippen LogP contribution in [0, 0.1) is 5.92 Å². The van der Waals surface area contributed by atoms with Crippen molar-refractivity contribution in [2.75, 3.05) is 0 Å². The number of fused-ring (bicyclic) bond motifs is 1. The van der Waals surface area contributed by atoms with Gasteiger partial charge in [0.25, 0.3) is 0 Å². The highest BCUT2D eigenvalue weighted by atomic mass is 19.1. The molecule has 0 unspecified atom stereocenters. The van der Waals surface area contributed by atoms with Crippen molar-refractivity contribution in [2.24, 2.45) is 5.92 Å². The number of halogens is 2. The van der Waals surface area contributed by atoms with E-state index < -0.39 is 18.0 Å². The number of hydrogen-bond acceptors (Lipinski definition) is 1. The molecule has 1 amide bonds. The Bertz CT molecular complexity index is 251. The lowest BCUT2D eigenvalue weighted by atomic mass is 9.89. The molecule has 0 radical (unpaired) electrons. The van der Waals surface area contributed by atoms with E-state index in [0.717, 1.165) is 0 Å². The number of hydrogen-bond donors (Lipinski definition) is 1. The molecule has 1 fully saturated rings. The molecule has 4 heteroatoms. The van der Waals surface area contributed by atoms with Crippen LogP contribution in [-0.4, -0.2) is 18.1 Å². The van der Waals surface area contributed by atoms with E-state index >= 15 is 0 Å². The van der Waals surface area contributed by atoms with Crippen LogP contribution in [0.4, 0.5) is 8.78 Å². The number of amides is 1. The van der Waals surface area contributed by atoms with Crippen LogP contribution in [-0.2, 0) is 4.79 Å². The molecule has 0 spiro atoms. The number of allylic oxidation sites excluding steroid dienone is 1. The van der Waals surface area contributed by atoms with E-state index in [9.17, 15) is 13.6 Å². The summed E-state index contributed by atoms with van der Waals surface area (Å²) in [5.74, 6) is -0.889. The van der Waals surface area contributed by atoms with Crippen molar-refractivity contribution in [3.05, 3.63) is 11.9 Å². The number of alkyl halides is 1. The summed E-state index contributed by atoms with van der Waals surface area (Å²) in [6.07, 6.45) is 0.130. The average Bonchev–Trinajstić information content (AvgIpc) is 2.29. The van der Waals surface area contributed by atoms with Gasteiger partial charge in [-0.25, -0.2) is 8.78 Å². The van der Waals surface area contributed by atoms with Crippen molar-refractivity contribution in [1.82, 2.24) is 5.32 Å². The Morgan fingerprint density at radius 3 is 3.00 bits per heavy atom. The van der Waals surface area contributed by atoms with Gasteiger partial charge in [-0.05, 0) is 6.08 Å². The number of nitrogens with one attached hydrogen (secondary N) is 1. The minimum Gasteiger partial charge on any atom is -0.350 e. The monoisotopic (exact) mass is 173 g/mol. The van der Waals surface area contributed by atoms with Gasteiger partial charge in [-0.2, -0.15) is 0 Å². The van der Waals surface area contributed by atoms with Crippen LogP contribution in [0.2, 0.25) is 0 Å². The molecule has 0 saturated carbocycles. The first-order valence-corrected chi connectivity index (χ1v) is 3.96. The molecule has 1 heterocycles. The molecule has 0 aromatic heterocycles. The van der Waals surface area contributed by atoms with E-state index in [2.05, 4.69) is 5.32 Å². The molecule has 0 bridgehead atoms. The van der Waals surface area contributed by atoms with Crippen molar-refractivity contribution < 1.29 is 13.6 Å². The van der Waals surface area contributed by atoms with Gasteiger partial charge in [0.1, 0.15) is 6.17 Å². The molecule has 2 aliphatic rings. The van der Waals surface area contributed by atoms with Crippen molar-refractivity contribution in [3.63, 3.8) is 0 Å². The van der Waals surface area contributed by atoms with E-state index in [-0.39, 0.29) is 24.7 Å². The summed E-state index contributed by atoms with van der Waals surface area (Å²) in [5.41, 5.74) is 0. The van der Waals surface area contributed by atoms with Crippen LogP contribution in [0.1, 0.15) is 12.8 Å². The molecule has 2 rings (SSSR count). The molecule has 1 aliphatic carbocycles. The zero-order valence-corrected chi connectivity index (χ0v) is 6.39. The molecule has 12 heavy (non-hydrogen) atoms. The SMILES string of the molecule is O=C1C[C@@H]2C=C(F)C[C@H](F)[C@H]2N1. The zero-order valence-electron chi connectivity index (χ0n) is 6.39. The Morgan fingerprint density at radius 1 is 1.50 bits per heavy atom. The van der Waals surface area contributed by atoms with Gasteiger partial charge < -0.3 is 5.32 Å². The van der Waals surface area contributed by atoms with Gasteiger partial charge in [0, 0.05) is 18.8 Å². The van der Waals surface area contributed by atoms with E-state index in [1.165, 1.54) is 6.08 Å². The predicted octanol–water partition coefficient (Wildman–Crippen LogP) is 1.09. The summed E-state index contributed by atoms with van der Waals surface area (Å²) in [5, 5.41) is 2.50. The second-order valence-electron chi connectivity index (χ2n) is 3.29. The molecule has 1 aliphatic heterocycles. The summed E-state index contributed by atoms with van der Waals surface area (Å²) < 4.78 is 25.7. The highest BCUT2D eigenvalue weighted by Crippen LogP contribution is 2.32. The lowest BCUT2D eigenvalue weighted by molar-refractivity contribution is -0.119. The quantitative estimate of drug-likeness (QED) is 0.583. The van der Waals surface area contributed by atoms with E-state index in [4.69, 9.17) is 0 Å². The largest absolute Gasteiger partial charge is 0.350 e. The molecule has 0 aromatic carbocycles. The van der Waals surface area contributed by atoms with Gasteiger partial charge in [-0.15, -0.1) is 0 Å². The van der Waals surface area contributed by atoms with Crippen molar-refractivity contribution in [2.45, 2.75) is 25.1 Å². The fraction of sp³-hybridized carbons (Fsp3) is 0.625. The molecular weight excluding hydrogens is 164 g/mol. The number of carbonyl (C=O) groups excluding carboxylic acids is 1. The highest BCUT2D eigenvalue weighted by molar-refractivity contribution is 5.79. The second kappa shape index (κ2) is 2.54. The Labute approximate surface area is 68.6 Å². The second-order valence-corrected chi connectivity index (χ2v) is 3.29. The summed E-state index contributed by atoms with van der Waals surface area (Å²) in [6.45, 7) is 0. The molecule has 1 saturated heterocycles. The fourth-order valence-electron chi connectivity index (χ4n) is 1.83. The van der Waals surface area contributed by atoms with Crippen LogP contribution in [0.3, 0.4) is 0 Å². The topological polar surface area (TPSA) is 29.1 Å². The van der Waals surface area contributed by atoms with Crippen LogP contribution in [0.5, 0.6) is 0 Å². The van der Waals surface area contributed by atoms with Crippen LogP contribution in [0.25, 0.3) is 0 Å². The average molecular weight is 173 g/mol. The predicted molar refractivity (Wildman–Crippen MR) is 38.7 cm³/mol. The molecule has 2 nitrogen and oxygen atoms in total. The lowest BCUT2D eigenvalue weighted by Gasteiger charge is -2.24. The van der Waals surface area contributed by atoms with Crippen molar-refractivity contribution in [3.8, 4) is 0 Å². The first kappa shape index (κ1) is 7.71. The Kier molecular flexibility index (Phi) is 1.63. The van der Waals surface area contributed by atoms with E-state index in [1.54, 1.807) is 0 Å². The van der Waals surface area contributed by atoms with Crippen molar-refractivity contribution >= 4 is 5.91 Å². The third-order valence-electron chi connectivity index (χ3n) is 2.38. The molecule has 0 aromatic rings. The lowest BCUT2D eigenvalue weighted by Crippen LogP contribution is -2.39. The standard InChI is InChI=1S/C8H9F2NO/c9-5-1-4-2-7(12)11-8(4)6(10)3-5/h1,4,6,8H,2-3H2,(H,11,12)/t4-,6-,8-/m0/s1. The Hall–Kier alpha value is -0.930. The first-order chi connectivity index (χ1) is 5.66. The Morgan fingerprint density at radius 2 is 2.25 bits per heavy atom. The molecular formula is C8H9F2NO. The summed E-state index contributed by atoms with van der Waals surface area (Å²) in [6, 6.07) is -0.489. The Balaban J connectivity index is 2.22. The summed E-state index contributed by atoms with van der Waals surface area (Å²) >= 11 is 0. The van der Waals surface area contributed by atoms with Gasteiger partial charge in [-0.1, -0.05) is 0 Å². The third-order valence-corrected chi connectivity index (χ3v) is 2.38. The zero-order chi connectivity index (χ0) is 8.72. The molecule has 3 atom stereocenters. The van der Waals surface area contributed by atoms with Crippen LogP contribution in [0.15, 0.2) is 11.9 Å². The van der Waals surface area contributed by atoms with Gasteiger partial charge >= 0.3 is 0 Å². The van der Waals surface area contributed by atoms with Crippen LogP contribution >= 0.6 is 0 Å².